The van der Waals surface area contributed by atoms with E-state index in [0.717, 1.165) is 6.40 Å². The lowest BCUT2D eigenvalue weighted by Crippen LogP contribution is -2.17. The van der Waals surface area contributed by atoms with Crippen LogP contribution in [0.5, 0.6) is 0 Å². The maximum atomic E-state index is 6.51. The van der Waals surface area contributed by atoms with Gasteiger partial charge in [0.05, 0.1) is 0 Å². The van der Waals surface area contributed by atoms with Crippen LogP contribution in [-0.4, -0.2) is 12.0 Å². The highest BCUT2D eigenvalue weighted by Gasteiger charge is 2.06. The van der Waals surface area contributed by atoms with Crippen LogP contribution in [0.15, 0.2) is 0 Å². The van der Waals surface area contributed by atoms with Gasteiger partial charge in [-0.3, -0.25) is 5.41 Å². The van der Waals surface area contributed by atoms with Crippen molar-refractivity contribution in [2.45, 2.75) is 26.4 Å². The molecule has 0 heterocycles. The molecule has 0 bridgehead atoms. The van der Waals surface area contributed by atoms with E-state index in [1.54, 1.807) is 0 Å². The third-order valence-corrected chi connectivity index (χ3v) is 0.412. The van der Waals surface area contributed by atoms with E-state index in [-0.39, 0.29) is 18.0 Å². The molecule has 0 radical (unpaired) electrons. The number of nitrogens with one attached hydrogen (secondary N) is 1. The van der Waals surface area contributed by atoms with E-state index in [2.05, 4.69) is 0 Å². The molecule has 0 unspecified atom stereocenters. The van der Waals surface area contributed by atoms with Gasteiger partial charge in [0.25, 0.3) is 0 Å². The lowest BCUT2D eigenvalue weighted by Gasteiger charge is -2.15. The molecule has 50 valence electrons. The topological polar surface area (TPSA) is 33.1 Å². The summed E-state index contributed by atoms with van der Waals surface area (Å²) in [6.07, 6.45) is 0.958. The molecule has 8 heavy (non-hydrogen) atoms. The zero-order valence-corrected chi connectivity index (χ0v) is 6.21. The molecule has 2 nitrogen and oxygen atoms in total. The Hall–Kier alpha value is -0.240. The average molecular weight is 138 g/mol. The van der Waals surface area contributed by atoms with Gasteiger partial charge in [-0.05, 0) is 20.8 Å². The Morgan fingerprint density at radius 2 is 1.75 bits per heavy atom. The summed E-state index contributed by atoms with van der Waals surface area (Å²) in [5, 5.41) is 6.51. The third-order valence-electron chi connectivity index (χ3n) is 0.412. The summed E-state index contributed by atoms with van der Waals surface area (Å²) in [7, 11) is 0. The van der Waals surface area contributed by atoms with Crippen LogP contribution in [0.25, 0.3) is 0 Å². The van der Waals surface area contributed by atoms with Crippen LogP contribution in [-0.2, 0) is 4.74 Å². The van der Waals surface area contributed by atoms with Gasteiger partial charge in [-0.1, -0.05) is 0 Å². The number of rotatable bonds is 1. The van der Waals surface area contributed by atoms with Crippen molar-refractivity contribution in [1.82, 2.24) is 0 Å². The van der Waals surface area contributed by atoms with E-state index in [1.165, 1.54) is 0 Å². The molecular weight excluding hydrogens is 126 g/mol. The van der Waals surface area contributed by atoms with Crippen molar-refractivity contribution in [1.29, 1.82) is 5.41 Å². The van der Waals surface area contributed by atoms with Crippen LogP contribution in [0.3, 0.4) is 0 Å². The smallest absolute Gasteiger partial charge is 0.167 e. The SMILES string of the molecule is CC(C)(C)OC=N.Cl. The molecule has 0 atom stereocenters. The molecular formula is C5H12ClNO. The Balaban J connectivity index is 0. The van der Waals surface area contributed by atoms with Crippen molar-refractivity contribution < 1.29 is 4.74 Å². The maximum absolute atomic E-state index is 6.51. The Labute approximate surface area is 56.2 Å². The minimum absolute atomic E-state index is 0. The van der Waals surface area contributed by atoms with Crippen molar-refractivity contribution in [2.24, 2.45) is 0 Å². The Morgan fingerprint density at radius 1 is 1.38 bits per heavy atom. The van der Waals surface area contributed by atoms with Gasteiger partial charge in [0, 0.05) is 0 Å². The van der Waals surface area contributed by atoms with Gasteiger partial charge in [0.15, 0.2) is 6.40 Å². The molecule has 0 aliphatic heterocycles. The van der Waals surface area contributed by atoms with E-state index in [4.69, 9.17) is 10.1 Å². The second-order valence-electron chi connectivity index (χ2n) is 2.35. The zero-order valence-electron chi connectivity index (χ0n) is 5.39. The first-order valence-electron chi connectivity index (χ1n) is 2.23. The van der Waals surface area contributed by atoms with Crippen LogP contribution in [0.4, 0.5) is 0 Å². The highest BCUT2D eigenvalue weighted by molar-refractivity contribution is 5.85. The number of ether oxygens (including phenoxy) is 1. The van der Waals surface area contributed by atoms with Crippen LogP contribution in [0.2, 0.25) is 0 Å². The van der Waals surface area contributed by atoms with Gasteiger partial charge in [-0.2, -0.15) is 0 Å². The fourth-order valence-electron chi connectivity index (χ4n) is 0.177. The number of hydrogen-bond donors (Lipinski definition) is 1. The van der Waals surface area contributed by atoms with E-state index in [1.807, 2.05) is 20.8 Å². The first kappa shape index (κ1) is 10.7. The van der Waals surface area contributed by atoms with E-state index in [9.17, 15) is 0 Å². The Morgan fingerprint density at radius 3 is 1.75 bits per heavy atom. The molecule has 3 heteroatoms. The van der Waals surface area contributed by atoms with E-state index >= 15 is 0 Å². The molecule has 0 aliphatic carbocycles. The molecule has 0 rings (SSSR count). The highest BCUT2D eigenvalue weighted by Crippen LogP contribution is 2.02. The fraction of sp³-hybridized carbons (Fsp3) is 0.800. The normalized spacial score (nSPS) is 9.38. The number of halogens is 1. The van der Waals surface area contributed by atoms with Crippen LogP contribution >= 0.6 is 12.4 Å². The van der Waals surface area contributed by atoms with Crippen molar-refractivity contribution in [3.05, 3.63) is 0 Å². The minimum atomic E-state index is -0.193. The molecule has 0 saturated carbocycles. The van der Waals surface area contributed by atoms with Gasteiger partial charge >= 0.3 is 0 Å². The predicted octanol–water partition coefficient (Wildman–Crippen LogP) is 1.83. The van der Waals surface area contributed by atoms with Gasteiger partial charge in [-0.15, -0.1) is 12.4 Å². The van der Waals surface area contributed by atoms with Crippen LogP contribution in [0, 0.1) is 5.41 Å². The summed E-state index contributed by atoms with van der Waals surface area (Å²) in [5.41, 5.74) is -0.193. The second-order valence-corrected chi connectivity index (χ2v) is 2.35. The first-order valence-corrected chi connectivity index (χ1v) is 2.23. The third kappa shape index (κ3) is 9.23. The second kappa shape index (κ2) is 3.72. The standard InChI is InChI=1S/C5H11NO.ClH/c1-5(2,3)7-4-6;/h4,6H,1-3H3;1H. The summed E-state index contributed by atoms with van der Waals surface area (Å²) in [6.45, 7) is 5.70. The maximum Gasteiger partial charge on any atom is 0.167 e. The van der Waals surface area contributed by atoms with Gasteiger partial charge in [0.2, 0.25) is 0 Å². The average Bonchev–Trinajstić information content (AvgIpc) is 1.30. The monoisotopic (exact) mass is 137 g/mol. The predicted molar refractivity (Wildman–Crippen MR) is 36.9 cm³/mol. The van der Waals surface area contributed by atoms with Gasteiger partial charge in [-0.25, -0.2) is 0 Å². The van der Waals surface area contributed by atoms with E-state index in [0.29, 0.717) is 0 Å². The fourth-order valence-corrected chi connectivity index (χ4v) is 0.177. The zero-order chi connectivity index (χ0) is 5.91. The van der Waals surface area contributed by atoms with Crippen molar-refractivity contribution in [3.63, 3.8) is 0 Å². The number of hydrogen-bond acceptors (Lipinski definition) is 2. The lowest BCUT2D eigenvalue weighted by molar-refractivity contribution is 0.125. The van der Waals surface area contributed by atoms with Crippen molar-refractivity contribution in [3.8, 4) is 0 Å². The largest absolute Gasteiger partial charge is 0.478 e. The van der Waals surface area contributed by atoms with Crippen molar-refractivity contribution >= 4 is 18.8 Å². The summed E-state index contributed by atoms with van der Waals surface area (Å²) < 4.78 is 4.77. The van der Waals surface area contributed by atoms with Crippen molar-refractivity contribution in [2.75, 3.05) is 0 Å². The molecule has 0 aliphatic rings. The Bertz CT molecular complexity index is 67.3. The van der Waals surface area contributed by atoms with Gasteiger partial charge < -0.3 is 4.74 Å². The molecule has 0 fully saturated rings. The van der Waals surface area contributed by atoms with Crippen LogP contribution < -0.4 is 0 Å². The van der Waals surface area contributed by atoms with E-state index < -0.39 is 0 Å². The first-order chi connectivity index (χ1) is 3.06. The summed E-state index contributed by atoms with van der Waals surface area (Å²) in [5.74, 6) is 0. The minimum Gasteiger partial charge on any atom is -0.478 e. The molecule has 0 spiro atoms. The quantitative estimate of drug-likeness (QED) is 0.434. The molecule has 0 aromatic rings. The molecule has 0 saturated heterocycles. The lowest BCUT2D eigenvalue weighted by atomic mass is 10.2. The van der Waals surface area contributed by atoms with Crippen LogP contribution in [0.1, 0.15) is 20.8 Å². The van der Waals surface area contributed by atoms with Gasteiger partial charge in [0.1, 0.15) is 5.60 Å². The highest BCUT2D eigenvalue weighted by atomic mass is 35.5. The molecule has 0 aromatic carbocycles. The molecule has 0 amide bonds. The summed E-state index contributed by atoms with van der Waals surface area (Å²) in [4.78, 5) is 0. The summed E-state index contributed by atoms with van der Waals surface area (Å²) >= 11 is 0. The Kier molecular flexibility index (Phi) is 4.98. The molecule has 0 aromatic heterocycles. The molecule has 1 N–H and O–H groups in total. The summed E-state index contributed by atoms with van der Waals surface area (Å²) in [6, 6.07) is 0.